The van der Waals surface area contributed by atoms with E-state index in [9.17, 15) is 5.11 Å². The van der Waals surface area contributed by atoms with Crippen LogP contribution in [0.4, 0.5) is 0 Å². The molecule has 3 nitrogen and oxygen atoms in total. The highest BCUT2D eigenvalue weighted by Crippen LogP contribution is 2.35. The molecule has 0 saturated heterocycles. The molecule has 0 radical (unpaired) electrons. The number of rotatable bonds is 2. The quantitative estimate of drug-likeness (QED) is 0.751. The molecule has 90 valence electrons. The van der Waals surface area contributed by atoms with Gasteiger partial charge in [0.05, 0.1) is 5.69 Å². The SMILES string of the molecule is Cc1csc(Oc2cc3ccccc3cc2O)n1. The van der Waals surface area contributed by atoms with Gasteiger partial charge in [-0.25, -0.2) is 4.98 Å². The van der Waals surface area contributed by atoms with Gasteiger partial charge in [0.25, 0.3) is 5.19 Å². The summed E-state index contributed by atoms with van der Waals surface area (Å²) in [4.78, 5) is 4.21. The lowest BCUT2D eigenvalue weighted by atomic mass is 10.1. The maximum absolute atomic E-state index is 9.93. The molecule has 0 aliphatic carbocycles. The number of phenolic OH excluding ortho intramolecular Hbond substituents is 1. The maximum Gasteiger partial charge on any atom is 0.279 e. The van der Waals surface area contributed by atoms with Gasteiger partial charge in [-0.2, -0.15) is 0 Å². The van der Waals surface area contributed by atoms with Crippen molar-refractivity contribution in [1.29, 1.82) is 0 Å². The predicted octanol–water partition coefficient (Wildman–Crippen LogP) is 4.10. The average Bonchev–Trinajstić information content (AvgIpc) is 2.76. The normalized spacial score (nSPS) is 10.7. The number of phenols is 1. The average molecular weight is 257 g/mol. The summed E-state index contributed by atoms with van der Waals surface area (Å²) in [6, 6.07) is 11.3. The van der Waals surface area contributed by atoms with Crippen molar-refractivity contribution >= 4 is 22.1 Å². The molecule has 3 aromatic rings. The van der Waals surface area contributed by atoms with Crippen LogP contribution in [0.1, 0.15) is 5.69 Å². The first-order valence-corrected chi connectivity index (χ1v) is 6.42. The summed E-state index contributed by atoms with van der Waals surface area (Å²) in [7, 11) is 0. The number of nitrogens with zero attached hydrogens (tertiary/aromatic N) is 1. The lowest BCUT2D eigenvalue weighted by Crippen LogP contribution is -1.85. The van der Waals surface area contributed by atoms with Crippen LogP contribution in [0.3, 0.4) is 0 Å². The predicted molar refractivity (Wildman–Crippen MR) is 72.5 cm³/mol. The smallest absolute Gasteiger partial charge is 0.279 e. The van der Waals surface area contributed by atoms with E-state index in [-0.39, 0.29) is 5.75 Å². The first-order chi connectivity index (χ1) is 8.72. The third-order valence-corrected chi connectivity index (χ3v) is 3.46. The summed E-state index contributed by atoms with van der Waals surface area (Å²) >= 11 is 1.41. The van der Waals surface area contributed by atoms with Gasteiger partial charge >= 0.3 is 0 Å². The standard InChI is InChI=1S/C14H11NO2S/c1-9-8-18-14(15-9)17-13-7-11-5-3-2-4-10(11)6-12(13)16/h2-8,16H,1H3. The topological polar surface area (TPSA) is 42.4 Å². The Bertz CT molecular complexity index is 706. The van der Waals surface area contributed by atoms with Crippen LogP contribution in [-0.4, -0.2) is 10.1 Å². The number of aryl methyl sites for hydroxylation is 1. The molecule has 0 unspecified atom stereocenters. The Kier molecular flexibility index (Phi) is 2.64. The van der Waals surface area contributed by atoms with E-state index >= 15 is 0 Å². The molecular formula is C14H11NO2S. The Hall–Kier alpha value is -2.07. The third kappa shape index (κ3) is 2.02. The van der Waals surface area contributed by atoms with E-state index in [2.05, 4.69) is 4.98 Å². The van der Waals surface area contributed by atoms with Crippen LogP contribution in [0.15, 0.2) is 41.8 Å². The van der Waals surface area contributed by atoms with Gasteiger partial charge < -0.3 is 9.84 Å². The zero-order valence-corrected chi connectivity index (χ0v) is 10.6. The Morgan fingerprint density at radius 3 is 2.56 bits per heavy atom. The van der Waals surface area contributed by atoms with Gasteiger partial charge in [0.2, 0.25) is 0 Å². The van der Waals surface area contributed by atoms with E-state index in [1.165, 1.54) is 11.3 Å². The molecule has 1 heterocycles. The van der Waals surface area contributed by atoms with Gasteiger partial charge in [0.1, 0.15) is 0 Å². The fourth-order valence-electron chi connectivity index (χ4n) is 1.76. The van der Waals surface area contributed by atoms with Crippen molar-refractivity contribution in [3.8, 4) is 16.7 Å². The van der Waals surface area contributed by atoms with Gasteiger partial charge in [-0.1, -0.05) is 35.6 Å². The molecule has 1 aromatic heterocycles. The van der Waals surface area contributed by atoms with E-state index in [0.717, 1.165) is 16.5 Å². The summed E-state index contributed by atoms with van der Waals surface area (Å²) in [5, 5.41) is 14.4. The Balaban J connectivity index is 2.03. The molecule has 0 saturated carbocycles. The molecule has 4 heteroatoms. The van der Waals surface area contributed by atoms with Crippen LogP contribution in [0.2, 0.25) is 0 Å². The molecule has 0 fully saturated rings. The second-order valence-corrected chi connectivity index (χ2v) is 4.84. The number of aromatic nitrogens is 1. The fourth-order valence-corrected chi connectivity index (χ4v) is 2.42. The molecule has 3 rings (SSSR count). The van der Waals surface area contributed by atoms with Gasteiger partial charge in [0.15, 0.2) is 11.5 Å². The van der Waals surface area contributed by atoms with E-state index < -0.39 is 0 Å². The maximum atomic E-state index is 9.93. The molecule has 0 amide bonds. The monoisotopic (exact) mass is 257 g/mol. The van der Waals surface area contributed by atoms with Crippen molar-refractivity contribution in [2.45, 2.75) is 6.92 Å². The molecular weight excluding hydrogens is 246 g/mol. The van der Waals surface area contributed by atoms with Crippen molar-refractivity contribution in [3.05, 3.63) is 47.5 Å². The highest BCUT2D eigenvalue weighted by atomic mass is 32.1. The second-order valence-electron chi connectivity index (χ2n) is 4.02. The van der Waals surface area contributed by atoms with Gasteiger partial charge in [0, 0.05) is 5.38 Å². The molecule has 2 aromatic carbocycles. The number of ether oxygens (including phenoxy) is 1. The minimum absolute atomic E-state index is 0.126. The number of aromatic hydroxyl groups is 1. The summed E-state index contributed by atoms with van der Waals surface area (Å²) < 4.78 is 5.60. The first-order valence-electron chi connectivity index (χ1n) is 5.54. The Labute approximate surface area is 108 Å². The highest BCUT2D eigenvalue weighted by Gasteiger charge is 2.08. The summed E-state index contributed by atoms with van der Waals surface area (Å²) in [6.07, 6.45) is 0. The van der Waals surface area contributed by atoms with Gasteiger partial charge in [-0.05, 0) is 29.8 Å². The Morgan fingerprint density at radius 2 is 1.89 bits per heavy atom. The number of hydrogen-bond donors (Lipinski definition) is 1. The largest absolute Gasteiger partial charge is 0.504 e. The zero-order valence-electron chi connectivity index (χ0n) is 9.75. The van der Waals surface area contributed by atoms with Crippen LogP contribution in [0, 0.1) is 6.92 Å². The molecule has 0 bridgehead atoms. The third-order valence-electron chi connectivity index (χ3n) is 2.62. The van der Waals surface area contributed by atoms with E-state index in [4.69, 9.17) is 4.74 Å². The molecule has 18 heavy (non-hydrogen) atoms. The van der Waals surface area contributed by atoms with E-state index in [1.807, 2.05) is 42.6 Å². The van der Waals surface area contributed by atoms with Crippen LogP contribution >= 0.6 is 11.3 Å². The molecule has 0 atom stereocenters. The van der Waals surface area contributed by atoms with Crippen LogP contribution in [-0.2, 0) is 0 Å². The summed E-state index contributed by atoms with van der Waals surface area (Å²) in [6.45, 7) is 1.91. The second kappa shape index (κ2) is 4.31. The van der Waals surface area contributed by atoms with Crippen molar-refractivity contribution in [2.75, 3.05) is 0 Å². The number of thiazole rings is 1. The van der Waals surface area contributed by atoms with Crippen molar-refractivity contribution in [3.63, 3.8) is 0 Å². The van der Waals surface area contributed by atoms with Crippen LogP contribution in [0.5, 0.6) is 16.7 Å². The zero-order chi connectivity index (χ0) is 12.5. The minimum atomic E-state index is 0.126. The summed E-state index contributed by atoms with van der Waals surface area (Å²) in [5.41, 5.74) is 0.912. The van der Waals surface area contributed by atoms with Crippen LogP contribution < -0.4 is 4.74 Å². The molecule has 0 spiro atoms. The fraction of sp³-hybridized carbons (Fsp3) is 0.0714. The van der Waals surface area contributed by atoms with Crippen molar-refractivity contribution in [2.24, 2.45) is 0 Å². The first kappa shape index (κ1) is 11.0. The number of benzene rings is 2. The minimum Gasteiger partial charge on any atom is -0.504 e. The molecule has 1 N–H and O–H groups in total. The van der Waals surface area contributed by atoms with Gasteiger partial charge in [-0.15, -0.1) is 0 Å². The van der Waals surface area contributed by atoms with Crippen LogP contribution in [0.25, 0.3) is 10.8 Å². The van der Waals surface area contributed by atoms with Crippen molar-refractivity contribution < 1.29 is 9.84 Å². The lowest BCUT2D eigenvalue weighted by molar-refractivity contribution is 0.410. The number of fused-ring (bicyclic) bond motifs is 1. The van der Waals surface area contributed by atoms with Crippen molar-refractivity contribution in [1.82, 2.24) is 4.98 Å². The lowest BCUT2D eigenvalue weighted by Gasteiger charge is -2.06. The van der Waals surface area contributed by atoms with E-state index in [1.54, 1.807) is 6.07 Å². The van der Waals surface area contributed by atoms with Gasteiger partial charge in [-0.3, -0.25) is 0 Å². The molecule has 0 aliphatic heterocycles. The highest BCUT2D eigenvalue weighted by molar-refractivity contribution is 7.11. The Morgan fingerprint density at radius 1 is 1.17 bits per heavy atom. The van der Waals surface area contributed by atoms with E-state index in [0.29, 0.717) is 10.9 Å². The molecule has 0 aliphatic rings. The number of hydrogen-bond acceptors (Lipinski definition) is 4. The summed E-state index contributed by atoms with van der Waals surface area (Å²) in [5.74, 6) is 0.560.